The van der Waals surface area contributed by atoms with Crippen molar-refractivity contribution in [2.24, 2.45) is 5.73 Å². The molecule has 0 aliphatic heterocycles. The summed E-state index contributed by atoms with van der Waals surface area (Å²) in [6.07, 6.45) is 2.12. The molecule has 2 aromatic rings. The number of aromatic nitrogens is 1. The topological polar surface area (TPSA) is 106 Å². The summed E-state index contributed by atoms with van der Waals surface area (Å²) in [7, 11) is 1.44. The van der Waals surface area contributed by atoms with E-state index in [2.05, 4.69) is 10.6 Å². The molecule has 132 valence electrons. The molecule has 0 radical (unpaired) electrons. The van der Waals surface area contributed by atoms with E-state index in [0.29, 0.717) is 19.5 Å². The monoisotopic (exact) mass is 342 g/mol. The molecule has 0 saturated heterocycles. The molecule has 0 spiro atoms. The minimum atomic E-state index is -0.525. The molecule has 7 heteroatoms. The smallest absolute Gasteiger partial charge is 0.263 e. The Balaban J connectivity index is 2.39. The lowest BCUT2D eigenvalue weighted by Gasteiger charge is -2.12. The van der Waals surface area contributed by atoms with E-state index in [9.17, 15) is 14.4 Å². The molecule has 7 nitrogen and oxygen atoms in total. The number of nitrogens with one attached hydrogen (secondary N) is 2. The van der Waals surface area contributed by atoms with Crippen LogP contribution >= 0.6 is 0 Å². The Labute approximate surface area is 145 Å². The number of benzene rings is 1. The van der Waals surface area contributed by atoms with Crippen LogP contribution in [0.1, 0.15) is 32.7 Å². The lowest BCUT2D eigenvalue weighted by molar-refractivity contribution is 0.0952. The van der Waals surface area contributed by atoms with Crippen LogP contribution in [0.3, 0.4) is 0 Å². The minimum Gasteiger partial charge on any atom is -0.355 e. The average Bonchev–Trinajstić information content (AvgIpc) is 2.63. The summed E-state index contributed by atoms with van der Waals surface area (Å²) in [5, 5.41) is 5.16. The largest absolute Gasteiger partial charge is 0.355 e. The molecule has 1 aromatic heterocycles. The van der Waals surface area contributed by atoms with E-state index in [1.54, 1.807) is 0 Å². The zero-order valence-corrected chi connectivity index (χ0v) is 14.1. The van der Waals surface area contributed by atoms with E-state index >= 15 is 0 Å². The normalized spacial score (nSPS) is 10.3. The fraction of sp³-hybridized carbons (Fsp3) is 0.278. The van der Waals surface area contributed by atoms with E-state index in [0.717, 1.165) is 5.56 Å². The average molecular weight is 342 g/mol. The van der Waals surface area contributed by atoms with Crippen molar-refractivity contribution in [2.45, 2.75) is 13.0 Å². The number of hydrogen-bond donors (Lipinski definition) is 3. The van der Waals surface area contributed by atoms with Gasteiger partial charge in [0.05, 0.1) is 12.1 Å². The number of hydrogen-bond acceptors (Lipinski definition) is 4. The lowest BCUT2D eigenvalue weighted by Crippen LogP contribution is -2.34. The molecule has 25 heavy (non-hydrogen) atoms. The van der Waals surface area contributed by atoms with Crippen LogP contribution in [0.15, 0.2) is 47.4 Å². The summed E-state index contributed by atoms with van der Waals surface area (Å²) in [5.41, 5.74) is 6.06. The van der Waals surface area contributed by atoms with Gasteiger partial charge in [0.2, 0.25) is 0 Å². The van der Waals surface area contributed by atoms with Crippen molar-refractivity contribution in [3.8, 4) is 0 Å². The first kappa shape index (κ1) is 18.4. The Kier molecular flexibility index (Phi) is 6.47. The van der Waals surface area contributed by atoms with Crippen molar-refractivity contribution in [1.82, 2.24) is 15.2 Å². The van der Waals surface area contributed by atoms with Gasteiger partial charge in [-0.25, -0.2) is 0 Å². The summed E-state index contributed by atoms with van der Waals surface area (Å²) in [6, 6.07) is 10.7. The van der Waals surface area contributed by atoms with Gasteiger partial charge in [-0.2, -0.15) is 0 Å². The molecule has 0 atom stereocenters. The van der Waals surface area contributed by atoms with Gasteiger partial charge < -0.3 is 20.9 Å². The van der Waals surface area contributed by atoms with Gasteiger partial charge in [0.1, 0.15) is 5.56 Å². The molecule has 0 bridgehead atoms. The second kappa shape index (κ2) is 8.79. The van der Waals surface area contributed by atoms with Crippen molar-refractivity contribution < 1.29 is 9.59 Å². The first-order valence-electron chi connectivity index (χ1n) is 8.05. The SMILES string of the molecule is CNC(=O)c1cc(C(=O)NCCCN)cn(Cc2ccccc2)c1=O. The number of rotatable bonds is 7. The molecule has 0 aliphatic rings. The van der Waals surface area contributed by atoms with E-state index in [-0.39, 0.29) is 23.6 Å². The molecular formula is C18H22N4O3. The summed E-state index contributed by atoms with van der Waals surface area (Å²) in [5.74, 6) is -0.871. The number of carbonyl (C=O) groups excluding carboxylic acids is 2. The highest BCUT2D eigenvalue weighted by Crippen LogP contribution is 2.06. The molecule has 0 fully saturated rings. The lowest BCUT2D eigenvalue weighted by atomic mass is 10.1. The van der Waals surface area contributed by atoms with Crippen LogP contribution in [0.2, 0.25) is 0 Å². The Hall–Kier alpha value is -2.93. The van der Waals surface area contributed by atoms with Crippen LogP contribution in [0, 0.1) is 0 Å². The molecule has 4 N–H and O–H groups in total. The number of nitrogens with zero attached hydrogens (tertiary/aromatic N) is 1. The van der Waals surface area contributed by atoms with Gasteiger partial charge in [-0.3, -0.25) is 14.4 Å². The van der Waals surface area contributed by atoms with Gasteiger partial charge in [0.25, 0.3) is 17.4 Å². The van der Waals surface area contributed by atoms with Crippen LogP contribution in [0.25, 0.3) is 0 Å². The number of carbonyl (C=O) groups is 2. The van der Waals surface area contributed by atoms with Crippen molar-refractivity contribution >= 4 is 11.8 Å². The van der Waals surface area contributed by atoms with E-state index < -0.39 is 11.5 Å². The van der Waals surface area contributed by atoms with Crippen molar-refractivity contribution in [3.05, 3.63) is 69.6 Å². The van der Waals surface area contributed by atoms with Gasteiger partial charge in [-0.1, -0.05) is 30.3 Å². The van der Waals surface area contributed by atoms with Crippen LogP contribution in [0.5, 0.6) is 0 Å². The predicted octanol–water partition coefficient (Wildman–Crippen LogP) is 0.335. The summed E-state index contributed by atoms with van der Waals surface area (Å²) >= 11 is 0. The minimum absolute atomic E-state index is 0.0649. The summed E-state index contributed by atoms with van der Waals surface area (Å²) < 4.78 is 1.37. The first-order chi connectivity index (χ1) is 12.1. The Morgan fingerprint density at radius 3 is 2.52 bits per heavy atom. The quantitative estimate of drug-likeness (QED) is 0.631. The Morgan fingerprint density at radius 1 is 1.16 bits per heavy atom. The van der Waals surface area contributed by atoms with E-state index in [4.69, 9.17) is 5.73 Å². The number of amides is 2. The third-order valence-electron chi connectivity index (χ3n) is 3.68. The Bertz CT molecular complexity index is 800. The van der Waals surface area contributed by atoms with Crippen LogP contribution in [-0.4, -0.2) is 36.5 Å². The molecule has 0 unspecified atom stereocenters. The second-order valence-corrected chi connectivity index (χ2v) is 5.54. The zero-order chi connectivity index (χ0) is 18.2. The van der Waals surface area contributed by atoms with E-state index in [1.165, 1.54) is 23.9 Å². The molecular weight excluding hydrogens is 320 g/mol. The molecule has 2 rings (SSSR count). The maximum Gasteiger partial charge on any atom is 0.263 e. The first-order valence-corrected chi connectivity index (χ1v) is 8.05. The molecule has 2 amide bonds. The van der Waals surface area contributed by atoms with Crippen molar-refractivity contribution in [1.29, 1.82) is 0 Å². The summed E-state index contributed by atoms with van der Waals surface area (Å²) in [4.78, 5) is 36.9. The highest BCUT2D eigenvalue weighted by atomic mass is 16.2. The maximum absolute atomic E-state index is 12.6. The van der Waals surface area contributed by atoms with Gasteiger partial charge in [0.15, 0.2) is 0 Å². The van der Waals surface area contributed by atoms with Crippen molar-refractivity contribution in [3.63, 3.8) is 0 Å². The van der Waals surface area contributed by atoms with E-state index in [1.807, 2.05) is 30.3 Å². The van der Waals surface area contributed by atoms with Crippen LogP contribution < -0.4 is 21.9 Å². The standard InChI is InChI=1S/C18H22N4O3/c1-20-17(24)15-10-14(16(23)21-9-5-8-19)12-22(18(15)25)11-13-6-3-2-4-7-13/h2-4,6-7,10,12H,5,8-9,11,19H2,1H3,(H,20,24)(H,21,23). The number of nitrogens with two attached hydrogens (primary N) is 1. The second-order valence-electron chi connectivity index (χ2n) is 5.54. The van der Waals surface area contributed by atoms with Gasteiger partial charge >= 0.3 is 0 Å². The molecule has 0 aliphatic carbocycles. The highest BCUT2D eigenvalue weighted by molar-refractivity contribution is 5.99. The van der Waals surface area contributed by atoms with Crippen molar-refractivity contribution in [2.75, 3.05) is 20.1 Å². The van der Waals surface area contributed by atoms with Crippen LogP contribution in [0.4, 0.5) is 0 Å². The third kappa shape index (κ3) is 4.77. The van der Waals surface area contributed by atoms with Gasteiger partial charge in [-0.15, -0.1) is 0 Å². The van der Waals surface area contributed by atoms with Gasteiger partial charge in [0, 0.05) is 19.8 Å². The maximum atomic E-state index is 12.6. The number of pyridine rings is 1. The highest BCUT2D eigenvalue weighted by Gasteiger charge is 2.16. The fourth-order valence-electron chi connectivity index (χ4n) is 2.36. The third-order valence-corrected chi connectivity index (χ3v) is 3.68. The summed E-state index contributed by atoms with van der Waals surface area (Å²) in [6.45, 7) is 1.17. The zero-order valence-electron chi connectivity index (χ0n) is 14.1. The molecule has 1 heterocycles. The Morgan fingerprint density at radius 2 is 1.88 bits per heavy atom. The predicted molar refractivity (Wildman–Crippen MR) is 95.6 cm³/mol. The van der Waals surface area contributed by atoms with Gasteiger partial charge in [-0.05, 0) is 24.6 Å². The van der Waals surface area contributed by atoms with Crippen LogP contribution in [-0.2, 0) is 6.54 Å². The molecule has 0 saturated carbocycles. The molecule has 1 aromatic carbocycles. The fourth-order valence-corrected chi connectivity index (χ4v) is 2.36.